The summed E-state index contributed by atoms with van der Waals surface area (Å²) in [5.74, 6) is 0.861. The molecule has 2 amide bonds. The third-order valence-corrected chi connectivity index (χ3v) is 8.06. The van der Waals surface area contributed by atoms with Gasteiger partial charge in [-0.05, 0) is 87.0 Å². The molecule has 39 heavy (non-hydrogen) atoms. The molecule has 1 unspecified atom stereocenters. The number of carbonyl (C=O) groups is 2. The van der Waals surface area contributed by atoms with Gasteiger partial charge < -0.3 is 15.5 Å². The molecule has 2 aliphatic heterocycles. The van der Waals surface area contributed by atoms with Gasteiger partial charge in [0.2, 0.25) is 12.3 Å². The molecule has 0 saturated carbocycles. The van der Waals surface area contributed by atoms with Gasteiger partial charge in [-0.15, -0.1) is 0 Å². The predicted molar refractivity (Wildman–Crippen MR) is 158 cm³/mol. The molecular formula is C31H46ClN5O2. The molecule has 0 bridgehead atoms. The van der Waals surface area contributed by atoms with Crippen molar-refractivity contribution < 1.29 is 9.59 Å². The summed E-state index contributed by atoms with van der Waals surface area (Å²) in [5, 5.41) is 0.741. The summed E-state index contributed by atoms with van der Waals surface area (Å²) in [5.41, 5.74) is 6.57. The van der Waals surface area contributed by atoms with Crippen LogP contribution in [0.5, 0.6) is 0 Å². The predicted octanol–water partition coefficient (Wildman–Crippen LogP) is 5.00. The van der Waals surface area contributed by atoms with Crippen molar-refractivity contribution >= 4 is 23.9 Å². The van der Waals surface area contributed by atoms with Gasteiger partial charge in [0.1, 0.15) is 0 Å². The van der Waals surface area contributed by atoms with E-state index in [9.17, 15) is 4.79 Å². The second-order valence-electron chi connectivity index (χ2n) is 12.1. The van der Waals surface area contributed by atoms with Crippen molar-refractivity contribution in [1.82, 2.24) is 19.7 Å². The van der Waals surface area contributed by atoms with E-state index in [0.29, 0.717) is 18.2 Å². The zero-order valence-corrected chi connectivity index (χ0v) is 24.8. The molecule has 214 valence electrons. The Morgan fingerprint density at radius 3 is 2.31 bits per heavy atom. The number of rotatable bonds is 6. The van der Waals surface area contributed by atoms with Gasteiger partial charge in [0.15, 0.2) is 0 Å². The van der Waals surface area contributed by atoms with Crippen LogP contribution in [0.15, 0.2) is 48.7 Å². The normalized spacial score (nSPS) is 20.4. The number of hydrogen-bond acceptors (Lipinski definition) is 5. The van der Waals surface area contributed by atoms with Gasteiger partial charge in [-0.1, -0.05) is 50.6 Å². The number of halogens is 1. The standard InChI is InChI=1S/C30H43ClN4O.CH3NO/c1-30(2,3)22-26-14-18-34(19-20-35(26)28(36)21-23-12-16-33(4)17-13-23)29(27-7-5-6-15-32-27)24-8-10-25(31)11-9-24;2-1-3/h5-11,15,23,26,29H,12-14,16-22H2,1-4H3;1H,(H2,2,3)/t26-,29?;/m1./s1. The molecule has 4 rings (SSSR count). The lowest BCUT2D eigenvalue weighted by Gasteiger charge is -2.36. The zero-order chi connectivity index (χ0) is 28.4. The molecule has 3 heterocycles. The summed E-state index contributed by atoms with van der Waals surface area (Å²) in [6, 6.07) is 14.6. The molecule has 2 saturated heterocycles. The van der Waals surface area contributed by atoms with E-state index in [4.69, 9.17) is 21.4 Å². The number of nitrogens with zero attached hydrogens (tertiary/aromatic N) is 4. The van der Waals surface area contributed by atoms with Crippen LogP contribution in [0.3, 0.4) is 0 Å². The molecule has 8 heteroatoms. The van der Waals surface area contributed by atoms with Crippen LogP contribution >= 0.6 is 11.6 Å². The fourth-order valence-corrected chi connectivity index (χ4v) is 6.01. The molecule has 1 aromatic heterocycles. The minimum Gasteiger partial charge on any atom is -0.372 e. The van der Waals surface area contributed by atoms with E-state index in [1.807, 2.05) is 24.4 Å². The molecular weight excluding hydrogens is 510 g/mol. The van der Waals surface area contributed by atoms with Crippen LogP contribution in [0.25, 0.3) is 0 Å². The maximum atomic E-state index is 13.7. The number of benzene rings is 1. The molecule has 2 fully saturated rings. The van der Waals surface area contributed by atoms with Crippen LogP contribution in [0.2, 0.25) is 5.02 Å². The van der Waals surface area contributed by atoms with E-state index in [0.717, 1.165) is 69.1 Å². The van der Waals surface area contributed by atoms with Gasteiger partial charge in [0, 0.05) is 43.3 Å². The highest BCUT2D eigenvalue weighted by atomic mass is 35.5. The molecule has 2 atom stereocenters. The van der Waals surface area contributed by atoms with Crippen LogP contribution in [0.1, 0.15) is 70.2 Å². The highest BCUT2D eigenvalue weighted by Gasteiger charge is 2.34. The number of pyridine rings is 1. The first kappa shape index (κ1) is 31.1. The topological polar surface area (TPSA) is 82.8 Å². The summed E-state index contributed by atoms with van der Waals surface area (Å²) in [4.78, 5) is 34.2. The van der Waals surface area contributed by atoms with Crippen molar-refractivity contribution in [1.29, 1.82) is 0 Å². The largest absolute Gasteiger partial charge is 0.372 e. The average Bonchev–Trinajstić information content (AvgIpc) is 3.09. The summed E-state index contributed by atoms with van der Waals surface area (Å²) >= 11 is 6.22. The van der Waals surface area contributed by atoms with Crippen LogP contribution in [0, 0.1) is 11.3 Å². The first-order valence-corrected chi connectivity index (χ1v) is 14.5. The van der Waals surface area contributed by atoms with Crippen LogP contribution in [-0.2, 0) is 9.59 Å². The lowest BCUT2D eigenvalue weighted by Crippen LogP contribution is -2.44. The maximum Gasteiger partial charge on any atom is 0.223 e. The highest BCUT2D eigenvalue weighted by molar-refractivity contribution is 6.30. The molecule has 1 aromatic carbocycles. The van der Waals surface area contributed by atoms with Crippen molar-refractivity contribution in [3.05, 3.63) is 64.9 Å². The molecule has 0 spiro atoms. The van der Waals surface area contributed by atoms with Crippen molar-refractivity contribution in [3.63, 3.8) is 0 Å². The second-order valence-corrected chi connectivity index (χ2v) is 12.6. The Hall–Kier alpha value is -2.48. The minimum absolute atomic E-state index is 0.0442. The lowest BCUT2D eigenvalue weighted by atomic mass is 9.85. The second kappa shape index (κ2) is 14.8. The SMILES string of the molecule is CN1CCC(CC(=O)N2CCN(C(c3ccc(Cl)cc3)c3ccccn3)CC[C@@H]2CC(C)(C)C)CC1.NC=O. The Kier molecular flexibility index (Phi) is 11.8. The number of likely N-dealkylation sites (tertiary alicyclic amines) is 1. The van der Waals surface area contributed by atoms with E-state index in [1.165, 1.54) is 5.56 Å². The monoisotopic (exact) mass is 555 g/mol. The highest BCUT2D eigenvalue weighted by Crippen LogP contribution is 2.33. The van der Waals surface area contributed by atoms with Crippen LogP contribution in [0.4, 0.5) is 0 Å². The van der Waals surface area contributed by atoms with E-state index in [-0.39, 0.29) is 23.9 Å². The van der Waals surface area contributed by atoms with Crippen LogP contribution in [-0.4, -0.2) is 77.8 Å². The Morgan fingerprint density at radius 2 is 1.72 bits per heavy atom. The molecule has 2 N–H and O–H groups in total. The number of nitrogens with two attached hydrogens (primary N) is 1. The van der Waals surface area contributed by atoms with E-state index in [1.54, 1.807) is 0 Å². The molecule has 2 aliphatic rings. The fraction of sp³-hybridized carbons (Fsp3) is 0.581. The first-order valence-electron chi connectivity index (χ1n) is 14.1. The van der Waals surface area contributed by atoms with Gasteiger partial charge in [-0.3, -0.25) is 19.5 Å². The average molecular weight is 556 g/mol. The molecule has 0 radical (unpaired) electrons. The van der Waals surface area contributed by atoms with Crippen molar-refractivity contribution in [3.8, 4) is 0 Å². The number of hydrogen-bond donors (Lipinski definition) is 1. The van der Waals surface area contributed by atoms with Gasteiger partial charge >= 0.3 is 0 Å². The van der Waals surface area contributed by atoms with Gasteiger partial charge in [-0.25, -0.2) is 0 Å². The zero-order valence-electron chi connectivity index (χ0n) is 24.1. The summed E-state index contributed by atoms with van der Waals surface area (Å²) < 4.78 is 0. The quantitative estimate of drug-likeness (QED) is 0.507. The number of amides is 2. The Labute approximate surface area is 239 Å². The maximum absolute atomic E-state index is 13.7. The fourth-order valence-electron chi connectivity index (χ4n) is 5.89. The number of aromatic nitrogens is 1. The van der Waals surface area contributed by atoms with Crippen molar-refractivity contribution in [2.24, 2.45) is 17.1 Å². The first-order chi connectivity index (χ1) is 18.6. The number of primary amides is 1. The molecule has 2 aromatic rings. The third kappa shape index (κ3) is 9.59. The van der Waals surface area contributed by atoms with Crippen molar-refractivity contribution in [2.75, 3.05) is 39.8 Å². The van der Waals surface area contributed by atoms with E-state index >= 15 is 0 Å². The van der Waals surface area contributed by atoms with E-state index < -0.39 is 0 Å². The Bertz CT molecular complexity index is 1020. The van der Waals surface area contributed by atoms with Crippen LogP contribution < -0.4 is 5.73 Å². The Morgan fingerprint density at radius 1 is 1.05 bits per heavy atom. The lowest BCUT2D eigenvalue weighted by molar-refractivity contribution is -0.135. The van der Waals surface area contributed by atoms with Gasteiger partial charge in [0.25, 0.3) is 0 Å². The van der Waals surface area contributed by atoms with Crippen molar-refractivity contribution in [2.45, 2.75) is 65.0 Å². The number of piperidine rings is 1. The summed E-state index contributed by atoms with van der Waals surface area (Å²) in [6.45, 7) is 11.6. The number of carbonyl (C=O) groups excluding carboxylic acids is 2. The Balaban J connectivity index is 0.00000134. The molecule has 0 aliphatic carbocycles. The molecule has 7 nitrogen and oxygen atoms in total. The smallest absolute Gasteiger partial charge is 0.223 e. The minimum atomic E-state index is 0.0442. The van der Waals surface area contributed by atoms with Gasteiger partial charge in [0.05, 0.1) is 11.7 Å². The van der Waals surface area contributed by atoms with Gasteiger partial charge in [-0.2, -0.15) is 0 Å². The summed E-state index contributed by atoms with van der Waals surface area (Å²) in [7, 11) is 2.18. The summed E-state index contributed by atoms with van der Waals surface area (Å²) in [6.07, 6.45) is 7.07. The third-order valence-electron chi connectivity index (χ3n) is 7.81. The van der Waals surface area contributed by atoms with E-state index in [2.05, 4.69) is 72.5 Å².